The molecule has 1 aromatic rings. The highest BCUT2D eigenvalue weighted by Crippen LogP contribution is 2.38. The maximum absolute atomic E-state index is 11.2. The summed E-state index contributed by atoms with van der Waals surface area (Å²) < 4.78 is 27.8. The summed E-state index contributed by atoms with van der Waals surface area (Å²) in [5.74, 6) is 1.19. The van der Waals surface area contributed by atoms with E-state index in [1.165, 1.54) is 0 Å². The zero-order valence-electron chi connectivity index (χ0n) is 8.65. The van der Waals surface area contributed by atoms with Crippen molar-refractivity contribution < 1.29 is 12.8 Å². The van der Waals surface area contributed by atoms with Gasteiger partial charge in [0.2, 0.25) is 5.09 Å². The van der Waals surface area contributed by atoms with Gasteiger partial charge in [-0.25, -0.2) is 8.42 Å². The molecule has 0 spiro atoms. The number of halogens is 1. The molecule has 0 aliphatic carbocycles. The van der Waals surface area contributed by atoms with E-state index in [0.717, 1.165) is 43.8 Å². The highest BCUT2D eigenvalue weighted by molar-refractivity contribution is 8.13. The van der Waals surface area contributed by atoms with E-state index in [1.54, 1.807) is 6.07 Å². The van der Waals surface area contributed by atoms with Crippen LogP contribution in [0.3, 0.4) is 0 Å². The zero-order valence-corrected chi connectivity index (χ0v) is 10.2. The third-order valence-corrected chi connectivity index (χ3v) is 4.55. The van der Waals surface area contributed by atoms with E-state index in [2.05, 4.69) is 4.90 Å². The van der Waals surface area contributed by atoms with Crippen molar-refractivity contribution in [3.63, 3.8) is 0 Å². The molecule has 3 aliphatic rings. The Morgan fingerprint density at radius 3 is 2.69 bits per heavy atom. The lowest BCUT2D eigenvalue weighted by Crippen LogP contribution is -2.28. The van der Waals surface area contributed by atoms with E-state index in [9.17, 15) is 8.42 Å². The molecule has 88 valence electrons. The first-order valence-electron chi connectivity index (χ1n) is 5.33. The minimum Gasteiger partial charge on any atom is -0.448 e. The van der Waals surface area contributed by atoms with Crippen LogP contribution in [0, 0.1) is 0 Å². The summed E-state index contributed by atoms with van der Waals surface area (Å²) in [6, 6.07) is 1.58. The molecule has 1 saturated heterocycles. The summed E-state index contributed by atoms with van der Waals surface area (Å²) in [4.78, 5) is 2.32. The Morgan fingerprint density at radius 2 is 2.06 bits per heavy atom. The van der Waals surface area contributed by atoms with Crippen molar-refractivity contribution in [2.45, 2.75) is 30.4 Å². The molecule has 0 radical (unpaired) electrons. The largest absolute Gasteiger partial charge is 0.448 e. The molecule has 2 bridgehead atoms. The standard InChI is InChI=1S/C10H12ClNO3S/c11-16(13,14)9-5-8-6-12-3-1-7(2-4-12)10(8)15-9/h5,7H,1-4,6H2. The average molecular weight is 262 g/mol. The van der Waals surface area contributed by atoms with Crippen molar-refractivity contribution in [1.82, 2.24) is 4.90 Å². The van der Waals surface area contributed by atoms with Gasteiger partial charge in [0.1, 0.15) is 5.76 Å². The second kappa shape index (κ2) is 3.48. The number of piperidine rings is 1. The molecule has 4 nitrogen and oxygen atoms in total. The summed E-state index contributed by atoms with van der Waals surface area (Å²) in [5.41, 5.74) is 0.985. The van der Waals surface area contributed by atoms with E-state index in [4.69, 9.17) is 15.1 Å². The van der Waals surface area contributed by atoms with Gasteiger partial charge in [0.05, 0.1) is 0 Å². The number of fused-ring (bicyclic) bond motifs is 2. The lowest BCUT2D eigenvalue weighted by atomic mass is 9.95. The molecule has 1 fully saturated rings. The monoisotopic (exact) mass is 261 g/mol. The van der Waals surface area contributed by atoms with Gasteiger partial charge in [-0.1, -0.05) is 0 Å². The minimum absolute atomic E-state index is 0.104. The van der Waals surface area contributed by atoms with Crippen molar-refractivity contribution >= 4 is 19.7 Å². The van der Waals surface area contributed by atoms with Crippen LogP contribution in [0.1, 0.15) is 30.1 Å². The second-order valence-electron chi connectivity index (χ2n) is 4.44. The van der Waals surface area contributed by atoms with E-state index in [1.807, 2.05) is 0 Å². The maximum Gasteiger partial charge on any atom is 0.294 e. The number of rotatable bonds is 1. The van der Waals surface area contributed by atoms with E-state index >= 15 is 0 Å². The van der Waals surface area contributed by atoms with Crippen molar-refractivity contribution in [2.24, 2.45) is 0 Å². The third kappa shape index (κ3) is 1.67. The molecule has 1 aromatic heterocycles. The fourth-order valence-corrected chi connectivity index (χ4v) is 3.30. The summed E-state index contributed by atoms with van der Waals surface area (Å²) in [6.07, 6.45) is 2.09. The molecule has 0 aromatic carbocycles. The lowest BCUT2D eigenvalue weighted by molar-refractivity contribution is 0.212. The molecule has 0 amide bonds. The SMILES string of the molecule is O=S(=O)(Cl)c1cc2c(o1)C1CCN(CC1)C2. The molecule has 3 aliphatic heterocycles. The van der Waals surface area contributed by atoms with Gasteiger partial charge in [-0.15, -0.1) is 0 Å². The fraction of sp³-hybridized carbons (Fsp3) is 0.600. The molecule has 6 heteroatoms. The van der Waals surface area contributed by atoms with Crippen LogP contribution >= 0.6 is 10.7 Å². The smallest absolute Gasteiger partial charge is 0.294 e. The van der Waals surface area contributed by atoms with Gasteiger partial charge in [-0.05, 0) is 25.9 Å². The molecular formula is C10H12ClNO3S. The zero-order chi connectivity index (χ0) is 11.3. The predicted molar refractivity (Wildman–Crippen MR) is 59.0 cm³/mol. The Bertz CT molecular complexity index is 514. The van der Waals surface area contributed by atoms with Crippen LogP contribution in [-0.2, 0) is 15.6 Å². The first kappa shape index (κ1) is 10.6. The van der Waals surface area contributed by atoms with E-state index in [0.29, 0.717) is 5.92 Å². The Kier molecular flexibility index (Phi) is 2.31. The van der Waals surface area contributed by atoms with Gasteiger partial charge in [0.15, 0.2) is 0 Å². The lowest BCUT2D eigenvalue weighted by Gasteiger charge is -2.26. The van der Waals surface area contributed by atoms with Crippen LogP contribution < -0.4 is 0 Å². The van der Waals surface area contributed by atoms with Gasteiger partial charge in [-0.2, -0.15) is 0 Å². The molecule has 0 atom stereocenters. The first-order chi connectivity index (χ1) is 7.54. The number of furan rings is 1. The average Bonchev–Trinajstić information content (AvgIpc) is 2.50. The molecule has 16 heavy (non-hydrogen) atoms. The van der Waals surface area contributed by atoms with Crippen molar-refractivity contribution in [1.29, 1.82) is 0 Å². The Balaban J connectivity index is 2.09. The summed E-state index contributed by atoms with van der Waals surface area (Å²) >= 11 is 0. The van der Waals surface area contributed by atoms with Crippen molar-refractivity contribution in [3.8, 4) is 0 Å². The highest BCUT2D eigenvalue weighted by atomic mass is 35.7. The van der Waals surface area contributed by atoms with Crippen LogP contribution in [0.4, 0.5) is 0 Å². The molecule has 0 N–H and O–H groups in total. The quantitative estimate of drug-likeness (QED) is 0.725. The maximum atomic E-state index is 11.2. The summed E-state index contributed by atoms with van der Waals surface area (Å²) in [5, 5.41) is -0.104. The number of hydrogen-bond donors (Lipinski definition) is 0. The normalized spacial score (nSPS) is 28.8. The number of nitrogens with zero attached hydrogens (tertiary/aromatic N) is 1. The van der Waals surface area contributed by atoms with E-state index in [-0.39, 0.29) is 5.09 Å². The summed E-state index contributed by atoms with van der Waals surface area (Å²) in [7, 11) is 1.55. The molecule has 0 unspecified atom stereocenters. The van der Waals surface area contributed by atoms with Crippen LogP contribution in [0.2, 0.25) is 0 Å². The Hall–Kier alpha value is -0.520. The van der Waals surface area contributed by atoms with Gasteiger partial charge in [0.25, 0.3) is 9.05 Å². The molecule has 0 saturated carbocycles. The Morgan fingerprint density at radius 1 is 1.38 bits per heavy atom. The number of hydrogen-bond acceptors (Lipinski definition) is 4. The molecule has 4 heterocycles. The Labute approximate surface area is 98.6 Å². The van der Waals surface area contributed by atoms with Crippen LogP contribution in [0.5, 0.6) is 0 Å². The van der Waals surface area contributed by atoms with Crippen LogP contribution in [0.25, 0.3) is 0 Å². The predicted octanol–water partition coefficient (Wildman–Crippen LogP) is 1.90. The fourth-order valence-electron chi connectivity index (χ4n) is 2.60. The van der Waals surface area contributed by atoms with Crippen molar-refractivity contribution in [2.75, 3.05) is 13.1 Å². The summed E-state index contributed by atoms with van der Waals surface area (Å²) in [6.45, 7) is 2.91. The van der Waals surface area contributed by atoms with Gasteiger partial charge in [0, 0.05) is 34.8 Å². The van der Waals surface area contributed by atoms with Gasteiger partial charge in [-0.3, -0.25) is 4.90 Å². The molecular weight excluding hydrogens is 250 g/mol. The van der Waals surface area contributed by atoms with Crippen molar-refractivity contribution in [3.05, 3.63) is 17.4 Å². The van der Waals surface area contributed by atoms with Crippen LogP contribution in [0.15, 0.2) is 15.6 Å². The highest BCUT2D eigenvalue weighted by Gasteiger charge is 2.32. The molecule has 4 rings (SSSR count). The second-order valence-corrected chi connectivity index (χ2v) is 6.94. The van der Waals surface area contributed by atoms with Crippen LogP contribution in [-0.4, -0.2) is 26.4 Å². The third-order valence-electron chi connectivity index (χ3n) is 3.41. The van der Waals surface area contributed by atoms with E-state index < -0.39 is 9.05 Å². The first-order valence-corrected chi connectivity index (χ1v) is 7.64. The minimum atomic E-state index is -3.74. The van der Waals surface area contributed by atoms with Gasteiger partial charge < -0.3 is 4.42 Å². The topological polar surface area (TPSA) is 50.5 Å². The van der Waals surface area contributed by atoms with Gasteiger partial charge >= 0.3 is 0 Å².